The summed E-state index contributed by atoms with van der Waals surface area (Å²) in [5.74, 6) is 1.68. The lowest BCUT2D eigenvalue weighted by molar-refractivity contribution is -0.715. The van der Waals surface area contributed by atoms with Crippen LogP contribution in [0.2, 0.25) is 0 Å². The van der Waals surface area contributed by atoms with Crippen LogP contribution in [0.4, 0.5) is 4.79 Å². The molecule has 3 atom stereocenters. The second-order valence-electron chi connectivity index (χ2n) is 7.11. The lowest BCUT2D eigenvalue weighted by Crippen LogP contribution is -2.37. The van der Waals surface area contributed by atoms with Gasteiger partial charge in [0.15, 0.2) is 0 Å². The average molecular weight is 293 g/mol. The largest absolute Gasteiger partial charge is 0.511 e. The van der Waals surface area contributed by atoms with E-state index in [1.54, 1.807) is 10.8 Å². The second kappa shape index (κ2) is 6.63. The van der Waals surface area contributed by atoms with Gasteiger partial charge >= 0.3 is 6.09 Å². The minimum atomic E-state index is -0.251. The number of imidazole rings is 1. The molecule has 4 heteroatoms. The first-order valence-corrected chi connectivity index (χ1v) is 8.18. The number of hydrogen-bond donors (Lipinski definition) is 0. The summed E-state index contributed by atoms with van der Waals surface area (Å²) in [6.07, 6.45) is 8.69. The minimum absolute atomic E-state index is 0.0520. The second-order valence-corrected chi connectivity index (χ2v) is 7.11. The SMILES string of the molecule is CC(C)[C@@H]1CC[C@@H](C)C[C@H]1OC(=O)n1cc[n+](C(C)C)c1. The summed E-state index contributed by atoms with van der Waals surface area (Å²) in [4.78, 5) is 12.4. The van der Waals surface area contributed by atoms with Crippen LogP contribution < -0.4 is 4.57 Å². The van der Waals surface area contributed by atoms with Crippen LogP contribution in [0.25, 0.3) is 0 Å². The summed E-state index contributed by atoms with van der Waals surface area (Å²) in [6.45, 7) is 10.9. The van der Waals surface area contributed by atoms with Crippen LogP contribution in [-0.4, -0.2) is 16.8 Å². The highest BCUT2D eigenvalue weighted by molar-refractivity contribution is 5.70. The molecular weight excluding hydrogens is 264 g/mol. The number of nitrogens with zero attached hydrogens (tertiary/aromatic N) is 2. The number of ether oxygens (including phenoxy) is 1. The molecule has 1 aliphatic rings. The van der Waals surface area contributed by atoms with Crippen molar-refractivity contribution in [3.05, 3.63) is 18.7 Å². The molecule has 0 N–H and O–H groups in total. The zero-order chi connectivity index (χ0) is 15.6. The molecule has 0 bridgehead atoms. The van der Waals surface area contributed by atoms with Gasteiger partial charge in [0.25, 0.3) is 6.33 Å². The molecule has 0 saturated heterocycles. The fraction of sp³-hybridized carbons (Fsp3) is 0.765. The van der Waals surface area contributed by atoms with Gasteiger partial charge in [-0.1, -0.05) is 27.2 Å². The van der Waals surface area contributed by atoms with Crippen molar-refractivity contribution < 1.29 is 14.1 Å². The Balaban J connectivity index is 2.05. The number of hydrogen-bond acceptors (Lipinski definition) is 2. The fourth-order valence-electron chi connectivity index (χ4n) is 3.22. The van der Waals surface area contributed by atoms with E-state index in [2.05, 4.69) is 34.6 Å². The van der Waals surface area contributed by atoms with Crippen LogP contribution in [0, 0.1) is 17.8 Å². The Morgan fingerprint density at radius 3 is 2.57 bits per heavy atom. The molecule has 0 amide bonds. The molecule has 0 aromatic carbocycles. The van der Waals surface area contributed by atoms with Gasteiger partial charge in [-0.05, 0) is 44.4 Å². The highest BCUT2D eigenvalue weighted by Gasteiger charge is 2.34. The molecule has 1 heterocycles. The zero-order valence-corrected chi connectivity index (χ0v) is 14.0. The number of aromatic nitrogens is 2. The number of carbonyl (C=O) groups is 1. The summed E-state index contributed by atoms with van der Waals surface area (Å²) >= 11 is 0. The van der Waals surface area contributed by atoms with E-state index in [0.29, 0.717) is 23.8 Å². The molecule has 0 spiro atoms. The van der Waals surface area contributed by atoms with Crippen LogP contribution in [0.5, 0.6) is 0 Å². The van der Waals surface area contributed by atoms with Crippen molar-refractivity contribution in [3.8, 4) is 0 Å². The smallest absolute Gasteiger partial charge is 0.427 e. The lowest BCUT2D eigenvalue weighted by Gasteiger charge is -2.35. The van der Waals surface area contributed by atoms with Crippen molar-refractivity contribution in [2.75, 3.05) is 0 Å². The van der Waals surface area contributed by atoms with Gasteiger partial charge in [-0.3, -0.25) is 0 Å². The van der Waals surface area contributed by atoms with E-state index in [-0.39, 0.29) is 12.2 Å². The monoisotopic (exact) mass is 293 g/mol. The van der Waals surface area contributed by atoms with Crippen LogP contribution in [0.15, 0.2) is 18.7 Å². The fourth-order valence-corrected chi connectivity index (χ4v) is 3.22. The normalized spacial score (nSPS) is 26.3. The number of carbonyl (C=O) groups excluding carboxylic acids is 1. The van der Waals surface area contributed by atoms with E-state index in [0.717, 1.165) is 12.8 Å². The van der Waals surface area contributed by atoms with E-state index < -0.39 is 0 Å². The molecular formula is C17H29N2O2+. The maximum atomic E-state index is 12.4. The van der Waals surface area contributed by atoms with E-state index in [4.69, 9.17) is 4.74 Å². The van der Waals surface area contributed by atoms with Crippen molar-refractivity contribution in [1.29, 1.82) is 0 Å². The van der Waals surface area contributed by atoms with Crippen LogP contribution >= 0.6 is 0 Å². The van der Waals surface area contributed by atoms with Gasteiger partial charge in [0.05, 0.1) is 6.04 Å². The van der Waals surface area contributed by atoms with Crippen LogP contribution in [0.3, 0.4) is 0 Å². The molecule has 118 valence electrons. The topological polar surface area (TPSA) is 35.1 Å². The summed E-state index contributed by atoms with van der Waals surface area (Å²) in [5, 5.41) is 0. The maximum Gasteiger partial charge on any atom is 0.511 e. The zero-order valence-electron chi connectivity index (χ0n) is 14.0. The van der Waals surface area contributed by atoms with Gasteiger partial charge in [-0.25, -0.2) is 4.57 Å². The first kappa shape index (κ1) is 16.1. The molecule has 21 heavy (non-hydrogen) atoms. The first-order valence-electron chi connectivity index (χ1n) is 8.18. The van der Waals surface area contributed by atoms with E-state index in [1.807, 2.05) is 17.1 Å². The summed E-state index contributed by atoms with van der Waals surface area (Å²) in [5.41, 5.74) is 0. The molecule has 1 aromatic rings. The third-order valence-corrected chi connectivity index (χ3v) is 4.68. The third kappa shape index (κ3) is 3.86. The Labute approximate surface area is 128 Å². The van der Waals surface area contributed by atoms with Crippen molar-refractivity contribution in [2.45, 2.75) is 66.0 Å². The Morgan fingerprint density at radius 2 is 2.00 bits per heavy atom. The summed E-state index contributed by atoms with van der Waals surface area (Å²) in [6, 6.07) is 0.345. The van der Waals surface area contributed by atoms with Crippen molar-refractivity contribution in [1.82, 2.24) is 4.57 Å². The van der Waals surface area contributed by atoms with Crippen LogP contribution in [0.1, 0.15) is 59.9 Å². The van der Waals surface area contributed by atoms with Crippen molar-refractivity contribution >= 4 is 6.09 Å². The van der Waals surface area contributed by atoms with Gasteiger partial charge < -0.3 is 4.74 Å². The van der Waals surface area contributed by atoms with Crippen molar-refractivity contribution in [3.63, 3.8) is 0 Å². The Hall–Kier alpha value is -1.32. The van der Waals surface area contributed by atoms with Gasteiger partial charge in [0.2, 0.25) is 0 Å². The third-order valence-electron chi connectivity index (χ3n) is 4.68. The average Bonchev–Trinajstić information content (AvgIpc) is 2.88. The Bertz CT molecular complexity index is 479. The number of rotatable bonds is 3. The highest BCUT2D eigenvalue weighted by atomic mass is 16.6. The predicted molar refractivity (Wildman–Crippen MR) is 82.0 cm³/mol. The molecule has 0 unspecified atom stereocenters. The lowest BCUT2D eigenvalue weighted by atomic mass is 9.75. The summed E-state index contributed by atoms with van der Waals surface area (Å²) in [7, 11) is 0. The van der Waals surface area contributed by atoms with Gasteiger partial charge in [0, 0.05) is 0 Å². The van der Waals surface area contributed by atoms with Crippen molar-refractivity contribution in [2.24, 2.45) is 17.8 Å². The first-order chi connectivity index (χ1) is 9.88. The molecule has 1 saturated carbocycles. The molecule has 0 aliphatic heterocycles. The molecule has 0 radical (unpaired) electrons. The molecule has 1 aliphatic carbocycles. The highest BCUT2D eigenvalue weighted by Crippen LogP contribution is 2.35. The van der Waals surface area contributed by atoms with Gasteiger partial charge in [-0.2, -0.15) is 4.79 Å². The Kier molecular flexibility index (Phi) is 5.07. The maximum absolute atomic E-state index is 12.4. The molecule has 2 rings (SSSR count). The predicted octanol–water partition coefficient (Wildman–Crippen LogP) is 3.80. The van der Waals surface area contributed by atoms with Gasteiger partial charge in [0.1, 0.15) is 18.5 Å². The summed E-state index contributed by atoms with van der Waals surface area (Å²) < 4.78 is 9.38. The van der Waals surface area contributed by atoms with E-state index >= 15 is 0 Å². The van der Waals surface area contributed by atoms with Crippen LogP contribution in [-0.2, 0) is 4.74 Å². The minimum Gasteiger partial charge on any atom is -0.427 e. The Morgan fingerprint density at radius 1 is 1.29 bits per heavy atom. The van der Waals surface area contributed by atoms with E-state index in [9.17, 15) is 4.79 Å². The quantitative estimate of drug-likeness (QED) is 0.795. The molecule has 4 nitrogen and oxygen atoms in total. The van der Waals surface area contributed by atoms with E-state index in [1.165, 1.54) is 6.42 Å². The molecule has 1 aromatic heterocycles. The van der Waals surface area contributed by atoms with Gasteiger partial charge in [-0.15, -0.1) is 4.57 Å². The standard InChI is InChI=1S/C17H29N2O2/c1-12(2)15-7-6-14(5)10-16(15)21-17(20)19-9-8-18(11-19)13(3)4/h8-9,11-16H,6-7,10H2,1-5H3/q+1/t14-,15+,16-/m1/s1. The molecule has 1 fully saturated rings.